The maximum absolute atomic E-state index is 10.3. The Balaban J connectivity index is 1.58. The van der Waals surface area contributed by atoms with Crippen molar-refractivity contribution in [3.63, 3.8) is 0 Å². The fourth-order valence-corrected chi connectivity index (χ4v) is 3.39. The maximum atomic E-state index is 10.3. The lowest BCUT2D eigenvalue weighted by Gasteiger charge is -2.27. The molecule has 0 aliphatic carbocycles. The first-order valence-corrected chi connectivity index (χ1v) is 9.32. The molecule has 2 saturated heterocycles. The number of aliphatic hydroxyl groups is 1. The predicted molar refractivity (Wildman–Crippen MR) is 95.8 cm³/mol. The van der Waals surface area contributed by atoms with Crippen LogP contribution in [0.1, 0.15) is 31.2 Å². The molecule has 2 fully saturated rings. The highest BCUT2D eigenvalue weighted by atomic mass is 16.7. The minimum Gasteiger partial charge on any atom is -0.497 e. The summed E-state index contributed by atoms with van der Waals surface area (Å²) in [6.07, 6.45) is 4.24. The Kier molecular flexibility index (Phi) is 6.93. The van der Waals surface area contributed by atoms with Gasteiger partial charge < -0.3 is 19.5 Å². The van der Waals surface area contributed by atoms with Crippen LogP contribution < -0.4 is 9.47 Å². The molecule has 2 heterocycles. The number of hydroxylamine groups is 2. The number of β-amino-alcohol motifs (C(OH)–C–C–N with tert-alkyl or cyclic N) is 1. The van der Waals surface area contributed by atoms with Gasteiger partial charge in [-0.15, -0.1) is 0 Å². The first-order valence-electron chi connectivity index (χ1n) is 9.32. The number of rotatable bonds is 8. The average molecular weight is 350 g/mol. The largest absolute Gasteiger partial charge is 0.497 e. The van der Waals surface area contributed by atoms with Gasteiger partial charge in [-0.2, -0.15) is 5.06 Å². The average Bonchev–Trinajstić information content (AvgIpc) is 3.14. The Hall–Kier alpha value is -1.34. The summed E-state index contributed by atoms with van der Waals surface area (Å²) in [5, 5.41) is 12.3. The van der Waals surface area contributed by atoms with Gasteiger partial charge >= 0.3 is 0 Å². The van der Waals surface area contributed by atoms with Crippen LogP contribution >= 0.6 is 0 Å². The molecule has 0 amide bonds. The number of likely N-dealkylation sites (tertiary alicyclic amines) is 1. The summed E-state index contributed by atoms with van der Waals surface area (Å²) in [5.74, 6) is 1.52. The van der Waals surface area contributed by atoms with Crippen LogP contribution in [0.25, 0.3) is 0 Å². The van der Waals surface area contributed by atoms with Crippen LogP contribution in [-0.2, 0) is 11.4 Å². The van der Waals surface area contributed by atoms with E-state index in [2.05, 4.69) is 4.90 Å². The highest BCUT2D eigenvalue weighted by molar-refractivity contribution is 5.40. The van der Waals surface area contributed by atoms with Gasteiger partial charge in [-0.3, -0.25) is 4.84 Å². The summed E-state index contributed by atoms with van der Waals surface area (Å²) in [6.45, 7) is 5.51. The van der Waals surface area contributed by atoms with Crippen molar-refractivity contribution in [2.45, 2.75) is 38.3 Å². The van der Waals surface area contributed by atoms with Crippen molar-refractivity contribution >= 4 is 0 Å². The van der Waals surface area contributed by atoms with Gasteiger partial charge in [-0.05, 0) is 44.8 Å². The van der Waals surface area contributed by atoms with Crippen LogP contribution in [0.3, 0.4) is 0 Å². The number of ether oxygens (including phenoxy) is 2. The van der Waals surface area contributed by atoms with Crippen molar-refractivity contribution in [3.8, 4) is 11.5 Å². The molecule has 1 atom stereocenters. The predicted octanol–water partition coefficient (Wildman–Crippen LogP) is 2.06. The molecule has 1 aromatic carbocycles. The first kappa shape index (κ1) is 18.5. The summed E-state index contributed by atoms with van der Waals surface area (Å²) in [5.41, 5.74) is 1.05. The third-order valence-corrected chi connectivity index (χ3v) is 4.80. The zero-order chi connectivity index (χ0) is 17.5. The molecule has 2 aliphatic heterocycles. The molecule has 0 bridgehead atoms. The van der Waals surface area contributed by atoms with Gasteiger partial charge in [0.05, 0.1) is 20.3 Å². The fraction of sp³-hybridized carbons (Fsp3) is 0.684. The molecule has 25 heavy (non-hydrogen) atoms. The third kappa shape index (κ3) is 5.57. The van der Waals surface area contributed by atoms with E-state index in [1.165, 1.54) is 12.8 Å². The summed E-state index contributed by atoms with van der Waals surface area (Å²) < 4.78 is 11.3. The van der Waals surface area contributed by atoms with Crippen molar-refractivity contribution in [3.05, 3.63) is 23.8 Å². The van der Waals surface area contributed by atoms with Crippen LogP contribution in [0, 0.1) is 0 Å². The number of hydrogen-bond donors (Lipinski definition) is 1. The van der Waals surface area contributed by atoms with Crippen LogP contribution in [0.15, 0.2) is 18.2 Å². The molecular weight excluding hydrogens is 320 g/mol. The van der Waals surface area contributed by atoms with Gasteiger partial charge in [0, 0.05) is 24.7 Å². The normalized spacial score (nSPS) is 20.6. The maximum Gasteiger partial charge on any atom is 0.127 e. The minimum absolute atomic E-state index is 0.289. The second-order valence-electron chi connectivity index (χ2n) is 6.85. The smallest absolute Gasteiger partial charge is 0.127 e. The second-order valence-corrected chi connectivity index (χ2v) is 6.85. The summed E-state index contributed by atoms with van der Waals surface area (Å²) in [6, 6.07) is 5.84. The van der Waals surface area contributed by atoms with Gasteiger partial charge in [0.2, 0.25) is 0 Å². The van der Waals surface area contributed by atoms with Crippen molar-refractivity contribution in [2.24, 2.45) is 0 Å². The standard InChI is InChI=1S/C19H30N2O4/c1-23-18-7-6-16(13-21-10-4-5-11-25-21)19(12-18)24-15-17(22)14-20-8-2-3-9-20/h6-7,12,17,22H,2-5,8-11,13-15H2,1H3. The van der Waals surface area contributed by atoms with E-state index in [1.54, 1.807) is 7.11 Å². The van der Waals surface area contributed by atoms with Crippen molar-refractivity contribution in [1.82, 2.24) is 9.96 Å². The molecular formula is C19H30N2O4. The number of aliphatic hydroxyl groups excluding tert-OH is 1. The quantitative estimate of drug-likeness (QED) is 0.775. The lowest BCUT2D eigenvalue weighted by Crippen LogP contribution is -2.34. The van der Waals surface area contributed by atoms with E-state index in [1.807, 2.05) is 23.3 Å². The minimum atomic E-state index is -0.483. The summed E-state index contributed by atoms with van der Waals surface area (Å²) >= 11 is 0. The third-order valence-electron chi connectivity index (χ3n) is 4.80. The SMILES string of the molecule is COc1ccc(CN2CCCCO2)c(OCC(O)CN2CCCC2)c1. The molecule has 140 valence electrons. The van der Waals surface area contributed by atoms with Gasteiger partial charge in [-0.25, -0.2) is 0 Å². The van der Waals surface area contributed by atoms with Gasteiger partial charge in [0.25, 0.3) is 0 Å². The van der Waals surface area contributed by atoms with Crippen LogP contribution in [0.4, 0.5) is 0 Å². The topological polar surface area (TPSA) is 54.4 Å². The van der Waals surface area contributed by atoms with E-state index in [9.17, 15) is 5.11 Å². The molecule has 1 N–H and O–H groups in total. The number of methoxy groups -OCH3 is 1. The molecule has 0 spiro atoms. The van der Waals surface area contributed by atoms with E-state index in [0.717, 1.165) is 56.1 Å². The molecule has 3 rings (SSSR count). The zero-order valence-corrected chi connectivity index (χ0v) is 15.2. The molecule has 1 unspecified atom stereocenters. The van der Waals surface area contributed by atoms with Gasteiger partial charge in [0.1, 0.15) is 24.2 Å². The van der Waals surface area contributed by atoms with Crippen LogP contribution in [0.5, 0.6) is 11.5 Å². The van der Waals surface area contributed by atoms with E-state index < -0.39 is 6.10 Å². The van der Waals surface area contributed by atoms with Crippen molar-refractivity contribution in [2.75, 3.05) is 46.5 Å². The molecule has 0 aromatic heterocycles. The van der Waals surface area contributed by atoms with E-state index in [0.29, 0.717) is 13.1 Å². The van der Waals surface area contributed by atoms with Gasteiger partial charge in [0.15, 0.2) is 0 Å². The highest BCUT2D eigenvalue weighted by Crippen LogP contribution is 2.27. The molecule has 0 saturated carbocycles. The molecule has 6 heteroatoms. The Labute approximate surface area is 150 Å². The van der Waals surface area contributed by atoms with Crippen LogP contribution in [0.2, 0.25) is 0 Å². The zero-order valence-electron chi connectivity index (χ0n) is 15.2. The van der Waals surface area contributed by atoms with Gasteiger partial charge in [-0.1, -0.05) is 6.07 Å². The number of nitrogens with zero attached hydrogens (tertiary/aromatic N) is 2. The Morgan fingerprint density at radius 3 is 2.68 bits per heavy atom. The second kappa shape index (κ2) is 9.38. The summed E-state index contributed by atoms with van der Waals surface area (Å²) in [4.78, 5) is 7.99. The number of hydrogen-bond acceptors (Lipinski definition) is 6. The molecule has 6 nitrogen and oxygen atoms in total. The monoisotopic (exact) mass is 350 g/mol. The lowest BCUT2D eigenvalue weighted by molar-refractivity contribution is -0.187. The number of benzene rings is 1. The Bertz CT molecular complexity index is 528. The molecule has 2 aliphatic rings. The van der Waals surface area contributed by atoms with Crippen molar-refractivity contribution < 1.29 is 19.4 Å². The van der Waals surface area contributed by atoms with E-state index >= 15 is 0 Å². The molecule has 0 radical (unpaired) electrons. The van der Waals surface area contributed by atoms with Crippen LogP contribution in [-0.4, -0.2) is 67.7 Å². The Morgan fingerprint density at radius 2 is 1.96 bits per heavy atom. The summed E-state index contributed by atoms with van der Waals surface area (Å²) in [7, 11) is 1.65. The first-order chi connectivity index (χ1) is 12.2. The fourth-order valence-electron chi connectivity index (χ4n) is 3.39. The molecule has 1 aromatic rings. The Morgan fingerprint density at radius 1 is 1.16 bits per heavy atom. The lowest BCUT2D eigenvalue weighted by atomic mass is 10.1. The van der Waals surface area contributed by atoms with E-state index in [4.69, 9.17) is 14.3 Å². The highest BCUT2D eigenvalue weighted by Gasteiger charge is 2.18. The van der Waals surface area contributed by atoms with Crippen molar-refractivity contribution in [1.29, 1.82) is 0 Å². The van der Waals surface area contributed by atoms with E-state index in [-0.39, 0.29) is 6.61 Å².